The van der Waals surface area contributed by atoms with Crippen LogP contribution >= 0.6 is 0 Å². The molecule has 0 unspecified atom stereocenters. The second kappa shape index (κ2) is 5.61. The highest BCUT2D eigenvalue weighted by molar-refractivity contribution is 6.01. The molecule has 2 aromatic rings. The first-order valence-electron chi connectivity index (χ1n) is 8.05. The second-order valence-electron chi connectivity index (χ2n) is 6.11. The lowest BCUT2D eigenvalue weighted by Gasteiger charge is -2.16. The fraction of sp³-hybridized carbons (Fsp3) is 0.316. The van der Waals surface area contributed by atoms with Gasteiger partial charge in [-0.1, -0.05) is 30.3 Å². The lowest BCUT2D eigenvalue weighted by atomic mass is 9.95. The average molecular weight is 309 g/mol. The summed E-state index contributed by atoms with van der Waals surface area (Å²) >= 11 is 0. The van der Waals surface area contributed by atoms with Gasteiger partial charge in [0, 0.05) is 18.2 Å². The van der Waals surface area contributed by atoms with Crippen LogP contribution in [0.1, 0.15) is 24.8 Å². The Kier molecular flexibility index (Phi) is 3.45. The summed E-state index contributed by atoms with van der Waals surface area (Å²) in [6.45, 7) is 1.30. The van der Waals surface area contributed by atoms with Crippen molar-refractivity contribution in [2.45, 2.75) is 24.7 Å². The van der Waals surface area contributed by atoms with E-state index < -0.39 is 0 Å². The molecule has 0 spiro atoms. The van der Waals surface area contributed by atoms with Crippen molar-refractivity contribution in [3.8, 4) is 11.5 Å². The molecule has 0 radical (unpaired) electrons. The van der Waals surface area contributed by atoms with Crippen LogP contribution in [0.3, 0.4) is 0 Å². The molecule has 1 fully saturated rings. The van der Waals surface area contributed by atoms with Crippen LogP contribution < -0.4 is 14.8 Å². The molecule has 118 valence electrons. The lowest BCUT2D eigenvalue weighted by Crippen LogP contribution is -2.27. The predicted octanol–water partition coefficient (Wildman–Crippen LogP) is 3.52. The van der Waals surface area contributed by atoms with Gasteiger partial charge in [-0.3, -0.25) is 4.79 Å². The van der Waals surface area contributed by atoms with Crippen LogP contribution in [0, 0.1) is 0 Å². The van der Waals surface area contributed by atoms with Gasteiger partial charge < -0.3 is 14.8 Å². The van der Waals surface area contributed by atoms with Crippen LogP contribution in [0.2, 0.25) is 0 Å². The Labute approximate surface area is 135 Å². The molecule has 1 heterocycles. The van der Waals surface area contributed by atoms with E-state index in [1.165, 1.54) is 0 Å². The number of carbonyl (C=O) groups is 1. The van der Waals surface area contributed by atoms with Crippen molar-refractivity contribution in [1.82, 2.24) is 0 Å². The average Bonchev–Trinajstić information content (AvgIpc) is 3.40. The molecule has 2 aromatic carbocycles. The summed E-state index contributed by atoms with van der Waals surface area (Å²) in [7, 11) is 0. The number of fused-ring (bicyclic) bond motifs is 1. The lowest BCUT2D eigenvalue weighted by molar-refractivity contribution is -0.118. The van der Waals surface area contributed by atoms with Crippen molar-refractivity contribution < 1.29 is 14.3 Å². The molecule has 1 amide bonds. The van der Waals surface area contributed by atoms with Gasteiger partial charge in [0.15, 0.2) is 11.5 Å². The van der Waals surface area contributed by atoms with E-state index in [0.717, 1.165) is 36.3 Å². The minimum Gasteiger partial charge on any atom is -0.490 e. The van der Waals surface area contributed by atoms with Gasteiger partial charge in [0.05, 0.1) is 18.6 Å². The summed E-state index contributed by atoms with van der Waals surface area (Å²) < 4.78 is 11.3. The van der Waals surface area contributed by atoms with Crippen molar-refractivity contribution in [2.75, 3.05) is 18.5 Å². The Bertz CT molecular complexity index is 723. The quantitative estimate of drug-likeness (QED) is 0.943. The Balaban J connectivity index is 1.54. The SMILES string of the molecule is O=C(Nc1ccc2c(c1)OCCCO2)C1(c2ccccc2)CC1. The maximum absolute atomic E-state index is 12.7. The Morgan fingerprint density at radius 3 is 2.43 bits per heavy atom. The van der Waals surface area contributed by atoms with Crippen molar-refractivity contribution in [3.63, 3.8) is 0 Å². The van der Waals surface area contributed by atoms with E-state index in [9.17, 15) is 4.79 Å². The maximum atomic E-state index is 12.7. The standard InChI is InChI=1S/C19H19NO3/c21-18(19(9-10-19)14-5-2-1-3-6-14)20-15-7-8-16-17(13-15)23-12-4-11-22-16/h1-3,5-8,13H,4,9-12H2,(H,20,21). The highest BCUT2D eigenvalue weighted by atomic mass is 16.5. The zero-order chi connectivity index (χ0) is 15.7. The molecule has 4 heteroatoms. The first kappa shape index (κ1) is 14.1. The van der Waals surface area contributed by atoms with Gasteiger partial charge in [0.1, 0.15) is 0 Å². The molecule has 1 aliphatic carbocycles. The number of carbonyl (C=O) groups excluding carboxylic acids is 1. The van der Waals surface area contributed by atoms with Gasteiger partial charge >= 0.3 is 0 Å². The summed E-state index contributed by atoms with van der Waals surface area (Å²) in [5.41, 5.74) is 1.47. The van der Waals surface area contributed by atoms with Gasteiger partial charge in [0.25, 0.3) is 0 Å². The molecule has 0 bridgehead atoms. The molecular formula is C19H19NO3. The normalized spacial score (nSPS) is 17.9. The third-order valence-electron chi connectivity index (χ3n) is 4.52. The molecule has 0 atom stereocenters. The highest BCUT2D eigenvalue weighted by Crippen LogP contribution is 2.49. The summed E-state index contributed by atoms with van der Waals surface area (Å²) in [6.07, 6.45) is 2.66. The van der Waals surface area contributed by atoms with E-state index in [1.807, 2.05) is 48.5 Å². The molecule has 23 heavy (non-hydrogen) atoms. The van der Waals surface area contributed by atoms with Gasteiger partial charge in [-0.2, -0.15) is 0 Å². The van der Waals surface area contributed by atoms with Crippen molar-refractivity contribution >= 4 is 11.6 Å². The third-order valence-corrected chi connectivity index (χ3v) is 4.52. The first-order chi connectivity index (χ1) is 11.3. The van der Waals surface area contributed by atoms with E-state index in [2.05, 4.69) is 5.32 Å². The minimum atomic E-state index is -0.370. The number of hydrogen-bond acceptors (Lipinski definition) is 3. The van der Waals surface area contributed by atoms with Gasteiger partial charge in [-0.15, -0.1) is 0 Å². The molecule has 0 aromatic heterocycles. The smallest absolute Gasteiger partial charge is 0.235 e. The molecule has 1 N–H and O–H groups in total. The van der Waals surface area contributed by atoms with Crippen LogP contribution in [0.25, 0.3) is 0 Å². The summed E-state index contributed by atoms with van der Waals surface area (Å²) in [4.78, 5) is 12.7. The summed E-state index contributed by atoms with van der Waals surface area (Å²) in [6, 6.07) is 15.6. The van der Waals surface area contributed by atoms with Crippen molar-refractivity contribution in [1.29, 1.82) is 0 Å². The van der Waals surface area contributed by atoms with Crippen molar-refractivity contribution in [2.24, 2.45) is 0 Å². The number of anilines is 1. The number of amides is 1. The fourth-order valence-electron chi connectivity index (χ4n) is 3.02. The number of hydrogen-bond donors (Lipinski definition) is 1. The Morgan fingerprint density at radius 1 is 0.957 bits per heavy atom. The van der Waals surface area contributed by atoms with Crippen LogP contribution in [-0.4, -0.2) is 19.1 Å². The topological polar surface area (TPSA) is 47.6 Å². The summed E-state index contributed by atoms with van der Waals surface area (Å²) in [5, 5.41) is 3.04. The third kappa shape index (κ3) is 2.65. The highest BCUT2D eigenvalue weighted by Gasteiger charge is 2.51. The van der Waals surface area contributed by atoms with Crippen LogP contribution in [0.15, 0.2) is 48.5 Å². The molecular weight excluding hydrogens is 290 g/mol. The number of ether oxygens (including phenoxy) is 2. The number of rotatable bonds is 3. The zero-order valence-corrected chi connectivity index (χ0v) is 12.9. The zero-order valence-electron chi connectivity index (χ0n) is 12.9. The number of nitrogens with one attached hydrogen (secondary N) is 1. The number of benzene rings is 2. The van der Waals surface area contributed by atoms with Crippen LogP contribution in [0.5, 0.6) is 11.5 Å². The predicted molar refractivity (Wildman–Crippen MR) is 88.0 cm³/mol. The summed E-state index contributed by atoms with van der Waals surface area (Å²) in [5.74, 6) is 1.49. The van der Waals surface area contributed by atoms with Crippen LogP contribution in [-0.2, 0) is 10.2 Å². The van der Waals surface area contributed by atoms with E-state index in [1.54, 1.807) is 0 Å². The second-order valence-corrected chi connectivity index (χ2v) is 6.11. The Morgan fingerprint density at radius 2 is 1.70 bits per heavy atom. The van der Waals surface area contributed by atoms with Crippen molar-refractivity contribution in [3.05, 3.63) is 54.1 Å². The minimum absolute atomic E-state index is 0.0539. The fourth-order valence-corrected chi connectivity index (χ4v) is 3.02. The monoisotopic (exact) mass is 309 g/mol. The Hall–Kier alpha value is -2.49. The van der Waals surface area contributed by atoms with E-state index in [0.29, 0.717) is 19.0 Å². The van der Waals surface area contributed by atoms with Crippen LogP contribution in [0.4, 0.5) is 5.69 Å². The first-order valence-corrected chi connectivity index (χ1v) is 8.05. The molecule has 1 saturated carbocycles. The van der Waals surface area contributed by atoms with E-state index in [-0.39, 0.29) is 11.3 Å². The van der Waals surface area contributed by atoms with E-state index in [4.69, 9.17) is 9.47 Å². The molecule has 4 rings (SSSR count). The van der Waals surface area contributed by atoms with E-state index >= 15 is 0 Å². The van der Waals surface area contributed by atoms with Gasteiger partial charge in [-0.25, -0.2) is 0 Å². The van der Waals surface area contributed by atoms with Gasteiger partial charge in [0.2, 0.25) is 5.91 Å². The largest absolute Gasteiger partial charge is 0.490 e. The van der Waals surface area contributed by atoms with Gasteiger partial charge in [-0.05, 0) is 30.5 Å². The molecule has 4 nitrogen and oxygen atoms in total. The molecule has 0 saturated heterocycles. The maximum Gasteiger partial charge on any atom is 0.235 e. The molecule has 1 aliphatic heterocycles. The molecule has 2 aliphatic rings.